The largest absolute Gasteiger partial charge is 0.455 e. The topological polar surface area (TPSA) is 89.5 Å². The lowest BCUT2D eigenvalue weighted by Crippen LogP contribution is -2.22. The second-order valence-electron chi connectivity index (χ2n) is 5.62. The Balaban J connectivity index is 1.70. The maximum atomic E-state index is 12.4. The Morgan fingerprint density at radius 1 is 1.23 bits per heavy atom. The molecule has 1 atom stereocenters. The van der Waals surface area contributed by atoms with E-state index in [1.807, 2.05) is 0 Å². The van der Waals surface area contributed by atoms with Crippen molar-refractivity contribution in [3.63, 3.8) is 0 Å². The summed E-state index contributed by atoms with van der Waals surface area (Å²) in [6.45, 7) is -0.580. The molecule has 0 bridgehead atoms. The zero-order chi connectivity index (χ0) is 19.4. The van der Waals surface area contributed by atoms with Gasteiger partial charge in [-0.2, -0.15) is 13.2 Å². The fourth-order valence-corrected chi connectivity index (χ4v) is 5.64. The van der Waals surface area contributed by atoms with Crippen LogP contribution in [0.1, 0.15) is 12.0 Å². The molecule has 1 amide bonds. The SMILES string of the molecule is O=C(COC(=O)CS[C@H]1CCS(=O)(=O)C1)Nc1ccc(C(F)(F)F)cc1. The number of sulfone groups is 1. The molecular weight excluding hydrogens is 395 g/mol. The van der Waals surface area contributed by atoms with Gasteiger partial charge in [0.25, 0.3) is 5.91 Å². The number of nitrogens with one attached hydrogen (secondary N) is 1. The van der Waals surface area contributed by atoms with Gasteiger partial charge >= 0.3 is 12.1 Å². The van der Waals surface area contributed by atoms with Gasteiger partial charge in [0.2, 0.25) is 0 Å². The molecular formula is C15H16F3NO5S2. The lowest BCUT2D eigenvalue weighted by Gasteiger charge is -2.10. The van der Waals surface area contributed by atoms with E-state index in [2.05, 4.69) is 5.32 Å². The van der Waals surface area contributed by atoms with Crippen molar-refractivity contribution in [2.45, 2.75) is 17.8 Å². The van der Waals surface area contributed by atoms with Crippen molar-refractivity contribution in [3.05, 3.63) is 29.8 Å². The zero-order valence-corrected chi connectivity index (χ0v) is 15.0. The summed E-state index contributed by atoms with van der Waals surface area (Å²) < 4.78 is 64.7. The first kappa shape index (κ1) is 20.6. The van der Waals surface area contributed by atoms with Crippen molar-refractivity contribution >= 4 is 39.2 Å². The first-order valence-corrected chi connectivity index (χ1v) is 10.4. The molecule has 1 heterocycles. The van der Waals surface area contributed by atoms with Crippen LogP contribution in [0.5, 0.6) is 0 Å². The molecule has 1 aromatic rings. The molecule has 1 aliphatic heterocycles. The Morgan fingerprint density at radius 2 is 1.88 bits per heavy atom. The highest BCUT2D eigenvalue weighted by atomic mass is 32.2. The van der Waals surface area contributed by atoms with Crippen molar-refractivity contribution in [1.82, 2.24) is 0 Å². The number of rotatable bonds is 6. The molecule has 0 unspecified atom stereocenters. The van der Waals surface area contributed by atoms with Crippen LogP contribution in [-0.4, -0.2) is 49.4 Å². The van der Waals surface area contributed by atoms with Crippen molar-refractivity contribution in [3.8, 4) is 0 Å². The van der Waals surface area contributed by atoms with Crippen LogP contribution < -0.4 is 5.32 Å². The third-order valence-electron chi connectivity index (χ3n) is 3.49. The van der Waals surface area contributed by atoms with E-state index in [0.717, 1.165) is 36.0 Å². The molecule has 0 aromatic heterocycles. The zero-order valence-electron chi connectivity index (χ0n) is 13.4. The van der Waals surface area contributed by atoms with E-state index in [0.29, 0.717) is 6.42 Å². The molecule has 2 rings (SSSR count). The van der Waals surface area contributed by atoms with Gasteiger partial charge in [-0.1, -0.05) is 0 Å². The van der Waals surface area contributed by atoms with E-state index in [-0.39, 0.29) is 28.2 Å². The fourth-order valence-electron chi connectivity index (χ4n) is 2.21. The summed E-state index contributed by atoms with van der Waals surface area (Å²) >= 11 is 1.16. The molecule has 11 heteroatoms. The first-order chi connectivity index (χ1) is 12.0. The quantitative estimate of drug-likeness (QED) is 0.722. The molecule has 0 aliphatic carbocycles. The molecule has 0 radical (unpaired) electrons. The van der Waals surface area contributed by atoms with E-state index in [1.165, 1.54) is 0 Å². The molecule has 26 heavy (non-hydrogen) atoms. The molecule has 1 N–H and O–H groups in total. The second kappa shape index (κ2) is 8.30. The Bertz CT molecular complexity index is 762. The Hall–Kier alpha value is -1.75. The normalized spacial score (nSPS) is 19.1. The van der Waals surface area contributed by atoms with Gasteiger partial charge in [-0.25, -0.2) is 8.42 Å². The third kappa shape index (κ3) is 6.52. The molecule has 144 valence electrons. The van der Waals surface area contributed by atoms with Gasteiger partial charge in [0, 0.05) is 10.9 Å². The number of thioether (sulfide) groups is 1. The standard InChI is InChI=1S/C15H16F3NO5S2/c16-15(17,18)10-1-3-11(4-2-10)19-13(20)7-24-14(21)8-25-12-5-6-26(22,23)9-12/h1-4,12H,5-9H2,(H,19,20)/t12-/m0/s1. The van der Waals surface area contributed by atoms with E-state index < -0.39 is 40.1 Å². The van der Waals surface area contributed by atoms with Crippen LogP contribution in [0.15, 0.2) is 24.3 Å². The maximum absolute atomic E-state index is 12.4. The lowest BCUT2D eigenvalue weighted by molar-refractivity contribution is -0.144. The Kier molecular flexibility index (Phi) is 6.56. The van der Waals surface area contributed by atoms with E-state index in [1.54, 1.807) is 0 Å². The molecule has 6 nitrogen and oxygen atoms in total. The number of amides is 1. The van der Waals surface area contributed by atoms with Crippen LogP contribution in [-0.2, 0) is 30.3 Å². The highest BCUT2D eigenvalue weighted by molar-refractivity contribution is 8.02. The van der Waals surface area contributed by atoms with Crippen molar-refractivity contribution in [2.24, 2.45) is 0 Å². The Morgan fingerprint density at radius 3 is 2.42 bits per heavy atom. The lowest BCUT2D eigenvalue weighted by atomic mass is 10.2. The van der Waals surface area contributed by atoms with Gasteiger partial charge in [-0.3, -0.25) is 9.59 Å². The number of ether oxygens (including phenoxy) is 1. The summed E-state index contributed by atoms with van der Waals surface area (Å²) in [5, 5.41) is 2.16. The van der Waals surface area contributed by atoms with Gasteiger partial charge in [-0.15, -0.1) is 11.8 Å². The van der Waals surface area contributed by atoms with Gasteiger partial charge in [0.05, 0.1) is 22.8 Å². The molecule has 1 fully saturated rings. The molecule has 1 saturated heterocycles. The highest BCUT2D eigenvalue weighted by Gasteiger charge is 2.30. The van der Waals surface area contributed by atoms with Gasteiger partial charge in [0.15, 0.2) is 16.4 Å². The summed E-state index contributed by atoms with van der Waals surface area (Å²) in [4.78, 5) is 23.2. The summed E-state index contributed by atoms with van der Waals surface area (Å²) in [5.74, 6) is -1.30. The minimum atomic E-state index is -4.46. The predicted octanol–water partition coefficient (Wildman–Crippen LogP) is 2.11. The number of esters is 1. The fraction of sp³-hybridized carbons (Fsp3) is 0.467. The number of hydrogen-bond donors (Lipinski definition) is 1. The Labute approximate surface area is 152 Å². The van der Waals surface area contributed by atoms with Crippen LogP contribution in [0.25, 0.3) is 0 Å². The second-order valence-corrected chi connectivity index (χ2v) is 9.14. The van der Waals surface area contributed by atoms with Gasteiger partial charge in [0.1, 0.15) is 0 Å². The monoisotopic (exact) mass is 411 g/mol. The smallest absolute Gasteiger partial charge is 0.416 e. The number of carbonyl (C=O) groups excluding carboxylic acids is 2. The predicted molar refractivity (Wildman–Crippen MR) is 90.5 cm³/mol. The number of hydrogen-bond acceptors (Lipinski definition) is 6. The summed E-state index contributed by atoms with van der Waals surface area (Å²) in [6.07, 6.45) is -3.98. The molecule has 0 saturated carbocycles. The highest BCUT2D eigenvalue weighted by Crippen LogP contribution is 2.29. The summed E-state index contributed by atoms with van der Waals surface area (Å²) in [7, 11) is -3.02. The molecule has 0 spiro atoms. The molecule has 1 aliphatic rings. The van der Waals surface area contributed by atoms with Crippen molar-refractivity contribution in [1.29, 1.82) is 0 Å². The summed E-state index contributed by atoms with van der Waals surface area (Å²) in [5.41, 5.74) is -0.697. The average molecular weight is 411 g/mol. The van der Waals surface area contributed by atoms with Crippen LogP contribution in [0.2, 0.25) is 0 Å². The minimum absolute atomic E-state index is 0.0271. The number of benzene rings is 1. The van der Waals surface area contributed by atoms with Gasteiger partial charge in [-0.05, 0) is 30.7 Å². The number of carbonyl (C=O) groups is 2. The number of anilines is 1. The maximum Gasteiger partial charge on any atom is 0.416 e. The number of halogens is 3. The van der Waals surface area contributed by atoms with Crippen LogP contribution in [0.3, 0.4) is 0 Å². The molecule has 1 aromatic carbocycles. The first-order valence-electron chi connectivity index (χ1n) is 7.50. The number of alkyl halides is 3. The van der Waals surface area contributed by atoms with Crippen LogP contribution in [0.4, 0.5) is 18.9 Å². The van der Waals surface area contributed by atoms with Crippen LogP contribution >= 0.6 is 11.8 Å². The summed E-state index contributed by atoms with van der Waals surface area (Å²) in [6, 6.07) is 3.85. The van der Waals surface area contributed by atoms with Crippen LogP contribution in [0, 0.1) is 0 Å². The van der Waals surface area contributed by atoms with E-state index in [9.17, 15) is 31.2 Å². The van der Waals surface area contributed by atoms with Gasteiger partial charge < -0.3 is 10.1 Å². The van der Waals surface area contributed by atoms with E-state index in [4.69, 9.17) is 4.74 Å². The minimum Gasteiger partial charge on any atom is -0.455 e. The van der Waals surface area contributed by atoms with Crippen molar-refractivity contribution in [2.75, 3.05) is 29.2 Å². The van der Waals surface area contributed by atoms with Crippen molar-refractivity contribution < 1.29 is 35.9 Å². The van der Waals surface area contributed by atoms with E-state index >= 15 is 0 Å². The average Bonchev–Trinajstić information content (AvgIpc) is 2.90. The third-order valence-corrected chi connectivity index (χ3v) is 6.74.